The number of nitrogens with zero attached hydrogens (tertiary/aromatic N) is 3. The summed E-state index contributed by atoms with van der Waals surface area (Å²) in [6, 6.07) is 16.7. The fraction of sp³-hybridized carbons (Fsp3) is 0.217. The Bertz CT molecular complexity index is 1030. The zero-order valence-corrected chi connectivity index (χ0v) is 16.1. The quantitative estimate of drug-likeness (QED) is 0.572. The molecule has 7 heteroatoms. The Morgan fingerprint density at radius 1 is 0.833 bits per heavy atom. The smallest absolute Gasteiger partial charge is 0.368 e. The second-order valence-corrected chi connectivity index (χ2v) is 7.17. The number of hydrogen-bond donors (Lipinski definition) is 0. The molecule has 30 heavy (non-hydrogen) atoms. The molecule has 0 unspecified atom stereocenters. The molecular weight excluding hydrogens is 391 g/mol. The topological polar surface area (TPSA) is 36.4 Å². The molecule has 1 fully saturated rings. The van der Waals surface area contributed by atoms with Crippen LogP contribution >= 0.6 is 0 Å². The average Bonchev–Trinajstić information content (AvgIpc) is 2.79. The van der Waals surface area contributed by atoms with Gasteiger partial charge in [-0.15, -0.1) is 0 Å². The van der Waals surface area contributed by atoms with Crippen LogP contribution in [0.2, 0.25) is 0 Å². The first-order chi connectivity index (χ1) is 14.4. The summed E-state index contributed by atoms with van der Waals surface area (Å²) < 4.78 is 38.9. The van der Waals surface area contributed by atoms with Crippen molar-refractivity contribution >= 4 is 17.8 Å². The lowest BCUT2D eigenvalue weighted by atomic mass is 10.1. The third-order valence-electron chi connectivity index (χ3n) is 5.25. The molecule has 0 N–H and O–H groups in total. The average molecular weight is 411 g/mol. The van der Waals surface area contributed by atoms with Gasteiger partial charge in [0.2, 0.25) is 0 Å². The van der Waals surface area contributed by atoms with Crippen molar-refractivity contribution in [2.24, 2.45) is 0 Å². The number of aldehydes is 1. The van der Waals surface area contributed by atoms with Gasteiger partial charge in [-0.25, -0.2) is 4.98 Å². The van der Waals surface area contributed by atoms with Crippen molar-refractivity contribution in [1.29, 1.82) is 0 Å². The number of anilines is 2. The molecule has 4 rings (SSSR count). The third-order valence-corrected chi connectivity index (χ3v) is 5.25. The molecule has 154 valence electrons. The lowest BCUT2D eigenvalue weighted by molar-refractivity contribution is -0.137. The van der Waals surface area contributed by atoms with Crippen molar-refractivity contribution < 1.29 is 18.0 Å². The fourth-order valence-corrected chi connectivity index (χ4v) is 3.61. The van der Waals surface area contributed by atoms with E-state index in [1.165, 1.54) is 12.1 Å². The number of benzene rings is 2. The molecule has 1 aliphatic heterocycles. The highest BCUT2D eigenvalue weighted by Crippen LogP contribution is 2.32. The number of halogens is 3. The van der Waals surface area contributed by atoms with Crippen LogP contribution in [0.4, 0.5) is 24.7 Å². The Hall–Kier alpha value is -3.35. The minimum absolute atomic E-state index is 0.586. The molecular formula is C23H20F3N3O. The van der Waals surface area contributed by atoms with E-state index in [1.54, 1.807) is 18.3 Å². The third kappa shape index (κ3) is 4.30. The standard InChI is InChI=1S/C23H20F3N3O/c24-23(25,26)20-5-2-6-21(14-20)28-9-11-29(12-10-28)22-8-7-19(15-27-22)18-4-1-3-17(13-18)16-30/h1-8,13-16H,9-12H2. The maximum atomic E-state index is 13.0. The highest BCUT2D eigenvalue weighted by molar-refractivity contribution is 5.78. The van der Waals surface area contributed by atoms with Crippen LogP contribution in [0.3, 0.4) is 0 Å². The van der Waals surface area contributed by atoms with Crippen molar-refractivity contribution in [1.82, 2.24) is 4.98 Å². The maximum Gasteiger partial charge on any atom is 0.416 e. The van der Waals surface area contributed by atoms with E-state index in [2.05, 4.69) is 9.88 Å². The number of piperazine rings is 1. The van der Waals surface area contributed by atoms with Gasteiger partial charge in [0.05, 0.1) is 5.56 Å². The van der Waals surface area contributed by atoms with Gasteiger partial charge in [0.1, 0.15) is 12.1 Å². The summed E-state index contributed by atoms with van der Waals surface area (Å²) in [4.78, 5) is 19.6. The summed E-state index contributed by atoms with van der Waals surface area (Å²) in [7, 11) is 0. The maximum absolute atomic E-state index is 13.0. The molecule has 0 bridgehead atoms. The Morgan fingerprint density at radius 2 is 1.57 bits per heavy atom. The first-order valence-electron chi connectivity index (χ1n) is 9.63. The van der Waals surface area contributed by atoms with Crippen LogP contribution in [-0.4, -0.2) is 37.4 Å². The highest BCUT2D eigenvalue weighted by Gasteiger charge is 2.31. The normalized spacial score (nSPS) is 14.6. The molecule has 0 radical (unpaired) electrons. The largest absolute Gasteiger partial charge is 0.416 e. The second-order valence-electron chi connectivity index (χ2n) is 7.17. The van der Waals surface area contributed by atoms with E-state index in [0.29, 0.717) is 37.4 Å². The number of alkyl halides is 3. The zero-order valence-electron chi connectivity index (χ0n) is 16.1. The first-order valence-corrected chi connectivity index (χ1v) is 9.63. The summed E-state index contributed by atoms with van der Waals surface area (Å²) in [5, 5.41) is 0. The molecule has 0 atom stereocenters. The zero-order chi connectivity index (χ0) is 21.1. The Morgan fingerprint density at radius 3 is 2.23 bits per heavy atom. The molecule has 1 saturated heterocycles. The number of carbonyl (C=O) groups excluding carboxylic acids is 1. The summed E-state index contributed by atoms with van der Waals surface area (Å²) in [6.07, 6.45) is -1.75. The minimum Gasteiger partial charge on any atom is -0.368 e. The van der Waals surface area contributed by atoms with Gasteiger partial charge in [0.25, 0.3) is 0 Å². The van der Waals surface area contributed by atoms with E-state index in [4.69, 9.17) is 0 Å². The van der Waals surface area contributed by atoms with E-state index >= 15 is 0 Å². The van der Waals surface area contributed by atoms with E-state index in [0.717, 1.165) is 29.3 Å². The number of pyridine rings is 1. The fourth-order valence-electron chi connectivity index (χ4n) is 3.61. The lowest BCUT2D eigenvalue weighted by Crippen LogP contribution is -2.46. The van der Waals surface area contributed by atoms with Gasteiger partial charge in [-0.3, -0.25) is 4.79 Å². The molecule has 2 aromatic carbocycles. The van der Waals surface area contributed by atoms with Crippen LogP contribution in [0.1, 0.15) is 15.9 Å². The lowest BCUT2D eigenvalue weighted by Gasteiger charge is -2.37. The number of aromatic nitrogens is 1. The molecule has 1 aliphatic rings. The molecule has 0 saturated carbocycles. The summed E-state index contributed by atoms with van der Waals surface area (Å²) >= 11 is 0. The van der Waals surface area contributed by atoms with E-state index in [1.807, 2.05) is 35.2 Å². The molecule has 4 nitrogen and oxygen atoms in total. The van der Waals surface area contributed by atoms with Gasteiger partial charge < -0.3 is 9.80 Å². The Balaban J connectivity index is 1.42. The predicted octanol–water partition coefficient (Wildman–Crippen LogP) is 4.91. The minimum atomic E-state index is -4.34. The van der Waals surface area contributed by atoms with Gasteiger partial charge in [0, 0.05) is 49.2 Å². The van der Waals surface area contributed by atoms with Crippen molar-refractivity contribution in [3.63, 3.8) is 0 Å². The van der Waals surface area contributed by atoms with Crippen molar-refractivity contribution in [2.45, 2.75) is 6.18 Å². The molecule has 3 aromatic rings. The second kappa shape index (κ2) is 8.18. The van der Waals surface area contributed by atoms with Gasteiger partial charge in [0.15, 0.2) is 0 Å². The van der Waals surface area contributed by atoms with Crippen molar-refractivity contribution in [3.8, 4) is 11.1 Å². The number of rotatable bonds is 4. The number of hydrogen-bond acceptors (Lipinski definition) is 4. The molecule has 0 amide bonds. The van der Waals surface area contributed by atoms with E-state index in [-0.39, 0.29) is 0 Å². The predicted molar refractivity (Wildman–Crippen MR) is 111 cm³/mol. The summed E-state index contributed by atoms with van der Waals surface area (Å²) in [5.41, 5.74) is 2.42. The van der Waals surface area contributed by atoms with Gasteiger partial charge >= 0.3 is 6.18 Å². The summed E-state index contributed by atoms with van der Waals surface area (Å²) in [5.74, 6) is 0.828. The first kappa shape index (κ1) is 19.9. The van der Waals surface area contributed by atoms with Crippen LogP contribution in [-0.2, 0) is 6.18 Å². The van der Waals surface area contributed by atoms with Crippen LogP contribution < -0.4 is 9.80 Å². The van der Waals surface area contributed by atoms with Crippen LogP contribution in [0.5, 0.6) is 0 Å². The molecule has 0 aliphatic carbocycles. The van der Waals surface area contributed by atoms with Gasteiger partial charge in [-0.1, -0.05) is 24.3 Å². The van der Waals surface area contributed by atoms with Crippen molar-refractivity contribution in [3.05, 3.63) is 78.0 Å². The van der Waals surface area contributed by atoms with Crippen LogP contribution in [0.25, 0.3) is 11.1 Å². The van der Waals surface area contributed by atoms with Crippen LogP contribution in [0, 0.1) is 0 Å². The monoisotopic (exact) mass is 411 g/mol. The van der Waals surface area contributed by atoms with E-state index in [9.17, 15) is 18.0 Å². The summed E-state index contributed by atoms with van der Waals surface area (Å²) in [6.45, 7) is 2.57. The molecule has 2 heterocycles. The van der Waals surface area contributed by atoms with Crippen molar-refractivity contribution in [2.75, 3.05) is 36.0 Å². The SMILES string of the molecule is O=Cc1cccc(-c2ccc(N3CCN(c4cccc(C(F)(F)F)c4)CC3)nc2)c1. The van der Waals surface area contributed by atoms with Crippen LogP contribution in [0.15, 0.2) is 66.9 Å². The Kier molecular flexibility index (Phi) is 5.44. The molecule has 0 spiro atoms. The highest BCUT2D eigenvalue weighted by atomic mass is 19.4. The van der Waals surface area contributed by atoms with E-state index < -0.39 is 11.7 Å². The van der Waals surface area contributed by atoms with Gasteiger partial charge in [-0.05, 0) is 42.0 Å². The Labute approximate surface area is 172 Å². The van der Waals surface area contributed by atoms with Gasteiger partial charge in [-0.2, -0.15) is 13.2 Å². The number of carbonyl (C=O) groups is 1. The molecule has 1 aromatic heterocycles.